The summed E-state index contributed by atoms with van der Waals surface area (Å²) in [6.07, 6.45) is 3.65. The molecule has 118 valence electrons. The van der Waals surface area contributed by atoms with E-state index in [9.17, 15) is 4.39 Å². The van der Waals surface area contributed by atoms with Crippen LogP contribution in [0.5, 0.6) is 0 Å². The molecule has 0 amide bonds. The molecule has 0 spiro atoms. The van der Waals surface area contributed by atoms with E-state index in [0.29, 0.717) is 18.4 Å². The molecule has 0 aliphatic carbocycles. The Hall–Kier alpha value is -2.17. The van der Waals surface area contributed by atoms with Crippen molar-refractivity contribution in [1.82, 2.24) is 9.97 Å². The average molecular weight is 302 g/mol. The molecule has 4 nitrogen and oxygen atoms in total. The molecular weight excluding hydrogens is 279 g/mol. The lowest BCUT2D eigenvalue weighted by Gasteiger charge is -2.09. The zero-order chi connectivity index (χ0) is 15.8. The van der Waals surface area contributed by atoms with E-state index in [1.54, 1.807) is 18.3 Å². The van der Waals surface area contributed by atoms with Crippen LogP contribution in [-0.4, -0.2) is 23.1 Å². The molecule has 0 atom stereocenters. The second-order valence-electron chi connectivity index (χ2n) is 5.68. The number of nitrogens with one attached hydrogen (secondary N) is 2. The van der Waals surface area contributed by atoms with Gasteiger partial charge in [0.1, 0.15) is 11.6 Å². The fourth-order valence-electron chi connectivity index (χ4n) is 2.00. The Balaban J connectivity index is 1.78. The van der Waals surface area contributed by atoms with E-state index >= 15 is 0 Å². The van der Waals surface area contributed by atoms with Crippen LogP contribution in [0.2, 0.25) is 0 Å². The van der Waals surface area contributed by atoms with Crippen LogP contribution in [0.15, 0.2) is 36.5 Å². The fraction of sp³-hybridized carbons (Fsp3) is 0.412. The molecule has 2 rings (SSSR count). The molecule has 0 saturated carbocycles. The molecule has 1 heterocycles. The molecular formula is C17H23FN4. The predicted octanol–water partition coefficient (Wildman–Crippen LogP) is 3.73. The van der Waals surface area contributed by atoms with Crippen LogP contribution in [0, 0.1) is 11.7 Å². The van der Waals surface area contributed by atoms with Gasteiger partial charge in [-0.05, 0) is 42.5 Å². The zero-order valence-corrected chi connectivity index (χ0v) is 13.1. The summed E-state index contributed by atoms with van der Waals surface area (Å²) in [5.74, 6) is 1.90. The third kappa shape index (κ3) is 5.68. The molecule has 22 heavy (non-hydrogen) atoms. The Bertz CT molecular complexity index is 569. The highest BCUT2D eigenvalue weighted by molar-refractivity contribution is 5.39. The number of halogens is 1. The molecule has 0 aliphatic rings. The third-order valence-corrected chi connectivity index (χ3v) is 3.29. The van der Waals surface area contributed by atoms with Gasteiger partial charge in [0.2, 0.25) is 5.95 Å². The van der Waals surface area contributed by atoms with E-state index in [2.05, 4.69) is 34.4 Å². The van der Waals surface area contributed by atoms with Crippen molar-refractivity contribution in [3.05, 3.63) is 47.9 Å². The maximum atomic E-state index is 12.8. The van der Waals surface area contributed by atoms with Crippen molar-refractivity contribution >= 4 is 11.8 Å². The topological polar surface area (TPSA) is 49.8 Å². The summed E-state index contributed by atoms with van der Waals surface area (Å²) in [6.45, 7) is 6.01. The van der Waals surface area contributed by atoms with Crippen LogP contribution < -0.4 is 10.6 Å². The summed E-state index contributed by atoms with van der Waals surface area (Å²) >= 11 is 0. The highest BCUT2D eigenvalue weighted by Crippen LogP contribution is 2.08. The number of anilines is 2. The third-order valence-electron chi connectivity index (χ3n) is 3.29. The number of benzene rings is 1. The average Bonchev–Trinajstić information content (AvgIpc) is 2.49. The van der Waals surface area contributed by atoms with Gasteiger partial charge in [0.15, 0.2) is 0 Å². The van der Waals surface area contributed by atoms with E-state index in [1.807, 2.05) is 6.07 Å². The van der Waals surface area contributed by atoms with Gasteiger partial charge in [-0.25, -0.2) is 9.37 Å². The van der Waals surface area contributed by atoms with Gasteiger partial charge in [0.05, 0.1) is 0 Å². The number of rotatable bonds is 8. The quantitative estimate of drug-likeness (QED) is 0.780. The minimum atomic E-state index is -0.208. The number of aromatic nitrogens is 2. The van der Waals surface area contributed by atoms with Crippen LogP contribution >= 0.6 is 0 Å². The molecule has 2 aromatic rings. The summed E-state index contributed by atoms with van der Waals surface area (Å²) in [7, 11) is 0. The Morgan fingerprint density at radius 3 is 2.55 bits per heavy atom. The molecule has 0 unspecified atom stereocenters. The first-order valence-electron chi connectivity index (χ1n) is 7.68. The normalized spacial score (nSPS) is 10.7. The molecule has 1 aromatic carbocycles. The van der Waals surface area contributed by atoms with Crippen molar-refractivity contribution < 1.29 is 4.39 Å². The molecule has 1 aromatic heterocycles. The van der Waals surface area contributed by atoms with E-state index in [1.165, 1.54) is 12.1 Å². The van der Waals surface area contributed by atoms with Crippen molar-refractivity contribution in [2.75, 3.05) is 23.7 Å². The largest absolute Gasteiger partial charge is 0.370 e. The Labute approximate surface area is 131 Å². The smallest absolute Gasteiger partial charge is 0.224 e. The molecule has 5 heteroatoms. The Kier molecular flexibility index (Phi) is 6.13. The van der Waals surface area contributed by atoms with Crippen LogP contribution in [0.4, 0.5) is 16.2 Å². The van der Waals surface area contributed by atoms with Crippen molar-refractivity contribution in [2.24, 2.45) is 5.92 Å². The van der Waals surface area contributed by atoms with Crippen molar-refractivity contribution in [1.29, 1.82) is 0 Å². The molecule has 2 N–H and O–H groups in total. The first-order chi connectivity index (χ1) is 10.6. The summed E-state index contributed by atoms with van der Waals surface area (Å²) in [5, 5.41) is 6.49. The van der Waals surface area contributed by atoms with E-state index < -0.39 is 0 Å². The summed E-state index contributed by atoms with van der Waals surface area (Å²) < 4.78 is 12.8. The van der Waals surface area contributed by atoms with Gasteiger partial charge in [0.25, 0.3) is 0 Å². The second kappa shape index (κ2) is 8.32. The first kappa shape index (κ1) is 16.2. The molecule has 0 bridgehead atoms. The number of nitrogens with zero attached hydrogens (tertiary/aromatic N) is 2. The lowest BCUT2D eigenvalue weighted by Crippen LogP contribution is -2.10. The highest BCUT2D eigenvalue weighted by Gasteiger charge is 2.00. The highest BCUT2D eigenvalue weighted by atomic mass is 19.1. The Morgan fingerprint density at radius 2 is 1.82 bits per heavy atom. The van der Waals surface area contributed by atoms with Gasteiger partial charge >= 0.3 is 0 Å². The monoisotopic (exact) mass is 302 g/mol. The van der Waals surface area contributed by atoms with Gasteiger partial charge in [0, 0.05) is 19.3 Å². The van der Waals surface area contributed by atoms with Crippen LogP contribution in [-0.2, 0) is 6.42 Å². The van der Waals surface area contributed by atoms with Crippen molar-refractivity contribution in [3.8, 4) is 0 Å². The standard InChI is InChI=1S/C17H23FN4/c1-13(2)7-10-19-16-9-12-21-17(22-16)20-11-8-14-3-5-15(18)6-4-14/h3-6,9,12-13H,7-8,10-11H2,1-2H3,(H2,19,20,21,22). The fourth-order valence-corrected chi connectivity index (χ4v) is 2.00. The first-order valence-corrected chi connectivity index (χ1v) is 7.68. The summed E-state index contributed by atoms with van der Waals surface area (Å²) in [5.41, 5.74) is 1.08. The van der Waals surface area contributed by atoms with Crippen LogP contribution in [0.1, 0.15) is 25.8 Å². The van der Waals surface area contributed by atoms with Gasteiger partial charge < -0.3 is 10.6 Å². The minimum absolute atomic E-state index is 0.208. The van der Waals surface area contributed by atoms with Crippen LogP contribution in [0.3, 0.4) is 0 Å². The van der Waals surface area contributed by atoms with Gasteiger partial charge in [-0.2, -0.15) is 4.98 Å². The molecule has 0 aliphatic heterocycles. The van der Waals surface area contributed by atoms with Crippen molar-refractivity contribution in [2.45, 2.75) is 26.7 Å². The summed E-state index contributed by atoms with van der Waals surface area (Å²) in [4.78, 5) is 8.63. The lowest BCUT2D eigenvalue weighted by atomic mass is 10.1. The lowest BCUT2D eigenvalue weighted by molar-refractivity contribution is 0.606. The van der Waals surface area contributed by atoms with Gasteiger partial charge in [-0.1, -0.05) is 26.0 Å². The van der Waals surface area contributed by atoms with Gasteiger partial charge in [-0.15, -0.1) is 0 Å². The maximum Gasteiger partial charge on any atom is 0.224 e. The molecule has 0 saturated heterocycles. The maximum absolute atomic E-state index is 12.8. The number of hydrogen-bond acceptors (Lipinski definition) is 4. The zero-order valence-electron chi connectivity index (χ0n) is 13.1. The van der Waals surface area contributed by atoms with E-state index in [0.717, 1.165) is 30.8 Å². The van der Waals surface area contributed by atoms with Crippen LogP contribution in [0.25, 0.3) is 0 Å². The SMILES string of the molecule is CC(C)CCNc1ccnc(NCCc2ccc(F)cc2)n1. The van der Waals surface area contributed by atoms with E-state index in [4.69, 9.17) is 0 Å². The number of hydrogen-bond donors (Lipinski definition) is 2. The Morgan fingerprint density at radius 1 is 1.05 bits per heavy atom. The molecule has 0 fully saturated rings. The minimum Gasteiger partial charge on any atom is -0.370 e. The van der Waals surface area contributed by atoms with Crippen molar-refractivity contribution in [3.63, 3.8) is 0 Å². The summed E-state index contributed by atoms with van der Waals surface area (Å²) in [6, 6.07) is 8.41. The predicted molar refractivity (Wildman–Crippen MR) is 88.6 cm³/mol. The second-order valence-corrected chi connectivity index (χ2v) is 5.68. The van der Waals surface area contributed by atoms with E-state index in [-0.39, 0.29) is 5.82 Å². The molecule has 0 radical (unpaired) electrons. The van der Waals surface area contributed by atoms with Gasteiger partial charge in [-0.3, -0.25) is 0 Å².